The topological polar surface area (TPSA) is 76.0 Å². The van der Waals surface area contributed by atoms with Gasteiger partial charge in [0.25, 0.3) is 5.91 Å². The van der Waals surface area contributed by atoms with Gasteiger partial charge in [-0.2, -0.15) is 4.99 Å². The van der Waals surface area contributed by atoms with Gasteiger partial charge in [0.2, 0.25) is 0 Å². The largest absolute Gasteiger partial charge is 0.497 e. The second-order valence-electron chi connectivity index (χ2n) is 6.96. The van der Waals surface area contributed by atoms with Crippen LogP contribution in [-0.4, -0.2) is 49.4 Å². The maximum Gasteiger partial charge on any atom is 0.252 e. The summed E-state index contributed by atoms with van der Waals surface area (Å²) >= 11 is 7.49. The Kier molecular flexibility index (Phi) is 5.59. The molecule has 29 heavy (non-hydrogen) atoms. The Morgan fingerprint density at radius 1 is 1.24 bits per heavy atom. The minimum absolute atomic E-state index is 0.0445. The van der Waals surface area contributed by atoms with Crippen molar-refractivity contribution in [2.24, 2.45) is 4.99 Å². The Morgan fingerprint density at radius 3 is 2.69 bits per heavy atom. The molecule has 2 aromatic rings. The Bertz CT molecular complexity index is 1070. The summed E-state index contributed by atoms with van der Waals surface area (Å²) in [5.41, 5.74) is 1.57. The van der Waals surface area contributed by atoms with Crippen molar-refractivity contribution in [2.45, 2.75) is 17.7 Å². The van der Waals surface area contributed by atoms with E-state index in [2.05, 4.69) is 4.99 Å². The van der Waals surface area contributed by atoms with E-state index in [9.17, 15) is 13.2 Å². The number of rotatable bonds is 4. The number of carbonyl (C=O) groups is 1. The van der Waals surface area contributed by atoms with Crippen LogP contribution >= 0.6 is 23.4 Å². The van der Waals surface area contributed by atoms with Crippen LogP contribution < -0.4 is 9.64 Å². The molecule has 152 valence electrons. The molecule has 0 N–H and O–H groups in total. The Morgan fingerprint density at radius 2 is 2.00 bits per heavy atom. The summed E-state index contributed by atoms with van der Waals surface area (Å²) in [5, 5.41) is 0.919. The lowest BCUT2D eigenvalue weighted by Gasteiger charge is -2.24. The zero-order valence-electron chi connectivity index (χ0n) is 15.6. The number of anilines is 1. The average Bonchev–Trinajstić information content (AvgIpc) is 3.12. The van der Waals surface area contributed by atoms with Crippen LogP contribution in [0.25, 0.3) is 0 Å². The molecule has 4 rings (SSSR count). The van der Waals surface area contributed by atoms with Crippen molar-refractivity contribution in [3.63, 3.8) is 0 Å². The van der Waals surface area contributed by atoms with E-state index in [1.807, 2.05) is 23.1 Å². The molecule has 2 saturated heterocycles. The fourth-order valence-electron chi connectivity index (χ4n) is 3.56. The van der Waals surface area contributed by atoms with Crippen molar-refractivity contribution >= 4 is 50.0 Å². The van der Waals surface area contributed by atoms with Gasteiger partial charge in [0.1, 0.15) is 5.75 Å². The summed E-state index contributed by atoms with van der Waals surface area (Å²) in [6.07, 6.45) is 0.158. The van der Waals surface area contributed by atoms with Crippen LogP contribution in [0.15, 0.2) is 53.5 Å². The number of methoxy groups -OCH3 is 1. The number of halogens is 1. The number of amidine groups is 1. The molecule has 2 atom stereocenters. The molecule has 0 bridgehead atoms. The molecule has 0 spiro atoms. The van der Waals surface area contributed by atoms with E-state index < -0.39 is 9.84 Å². The van der Waals surface area contributed by atoms with Gasteiger partial charge >= 0.3 is 0 Å². The van der Waals surface area contributed by atoms with Crippen LogP contribution in [0.2, 0.25) is 5.02 Å². The number of nitrogens with zero attached hydrogens (tertiary/aromatic N) is 2. The van der Waals surface area contributed by atoms with Gasteiger partial charge in [-0.1, -0.05) is 41.6 Å². The normalized spacial score (nSPS) is 23.9. The molecule has 0 unspecified atom stereocenters. The monoisotopic (exact) mass is 450 g/mol. The smallest absolute Gasteiger partial charge is 0.252 e. The number of hydrogen-bond donors (Lipinski definition) is 0. The maximum atomic E-state index is 12.6. The zero-order valence-corrected chi connectivity index (χ0v) is 18.0. The molecule has 6 nitrogen and oxygen atoms in total. The van der Waals surface area contributed by atoms with Crippen molar-refractivity contribution in [3.8, 4) is 5.75 Å². The van der Waals surface area contributed by atoms with E-state index in [-0.39, 0.29) is 35.1 Å². The number of ether oxygens (including phenoxy) is 1. The highest BCUT2D eigenvalue weighted by molar-refractivity contribution is 8.16. The highest BCUT2D eigenvalue weighted by Crippen LogP contribution is 2.41. The van der Waals surface area contributed by atoms with Crippen LogP contribution in [0.4, 0.5) is 5.69 Å². The van der Waals surface area contributed by atoms with Crippen LogP contribution in [-0.2, 0) is 21.1 Å². The molecule has 0 radical (unpaired) electrons. The first-order chi connectivity index (χ1) is 13.8. The second kappa shape index (κ2) is 8.01. The second-order valence-corrected chi connectivity index (χ2v) is 10.8. The van der Waals surface area contributed by atoms with Crippen molar-refractivity contribution in [3.05, 3.63) is 59.1 Å². The highest BCUT2D eigenvalue weighted by atomic mass is 35.5. The van der Waals surface area contributed by atoms with Gasteiger partial charge in [-0.05, 0) is 35.9 Å². The predicted octanol–water partition coefficient (Wildman–Crippen LogP) is 3.19. The first-order valence-electron chi connectivity index (χ1n) is 9.01. The van der Waals surface area contributed by atoms with Gasteiger partial charge in [-0.15, -0.1) is 0 Å². The van der Waals surface area contributed by atoms with E-state index in [1.165, 1.54) is 11.8 Å². The lowest BCUT2D eigenvalue weighted by Crippen LogP contribution is -2.37. The number of carbonyl (C=O) groups excluding carboxylic acids is 1. The third-order valence-electron chi connectivity index (χ3n) is 4.89. The Labute approximate surface area is 178 Å². The van der Waals surface area contributed by atoms with E-state index in [4.69, 9.17) is 16.3 Å². The summed E-state index contributed by atoms with van der Waals surface area (Å²) in [5.74, 6) is 0.570. The molecule has 2 heterocycles. The lowest BCUT2D eigenvalue weighted by atomic mass is 10.1. The molecule has 2 aromatic carbocycles. The fraction of sp³-hybridized carbons (Fsp3) is 0.300. The van der Waals surface area contributed by atoms with Crippen LogP contribution in [0.1, 0.15) is 5.56 Å². The number of fused-ring (bicyclic) bond motifs is 1. The van der Waals surface area contributed by atoms with Gasteiger partial charge in [0.15, 0.2) is 15.0 Å². The van der Waals surface area contributed by atoms with E-state index in [0.717, 1.165) is 17.0 Å². The Balaban J connectivity index is 1.61. The summed E-state index contributed by atoms with van der Waals surface area (Å²) < 4.78 is 29.4. The predicted molar refractivity (Wildman–Crippen MR) is 117 cm³/mol. The Hall–Kier alpha value is -2.03. The minimum atomic E-state index is -3.11. The van der Waals surface area contributed by atoms with Gasteiger partial charge in [0, 0.05) is 16.0 Å². The van der Waals surface area contributed by atoms with Gasteiger partial charge in [0.05, 0.1) is 31.1 Å². The number of thioether (sulfide) groups is 1. The molecule has 2 aliphatic rings. The van der Waals surface area contributed by atoms with Crippen LogP contribution in [0.5, 0.6) is 5.75 Å². The van der Waals surface area contributed by atoms with Crippen molar-refractivity contribution in [1.29, 1.82) is 0 Å². The third-order valence-corrected chi connectivity index (χ3v) is 8.33. The first-order valence-corrected chi connectivity index (χ1v) is 12.1. The first kappa shape index (κ1) is 20.3. The van der Waals surface area contributed by atoms with E-state index in [1.54, 1.807) is 37.4 Å². The number of amides is 1. The standard InChI is InChI=1S/C20H19ClN2O4S2/c1-27-16-7-5-13(6-8-16)9-19(24)22-20-23(15-4-2-3-14(21)10-15)17-11-29(25,26)12-18(17)28-20/h2-8,10,17-18H,9,11-12H2,1H3/t17-,18-/m0/s1. The molecule has 0 aromatic heterocycles. The van der Waals surface area contributed by atoms with Crippen molar-refractivity contribution < 1.29 is 17.9 Å². The van der Waals surface area contributed by atoms with E-state index in [0.29, 0.717) is 10.2 Å². The van der Waals surface area contributed by atoms with Gasteiger partial charge < -0.3 is 9.64 Å². The van der Waals surface area contributed by atoms with Gasteiger partial charge in [-0.3, -0.25) is 4.79 Å². The number of hydrogen-bond acceptors (Lipinski definition) is 5. The summed E-state index contributed by atoms with van der Waals surface area (Å²) in [4.78, 5) is 18.8. The summed E-state index contributed by atoms with van der Waals surface area (Å²) in [7, 11) is -1.52. The summed E-state index contributed by atoms with van der Waals surface area (Å²) in [6.45, 7) is 0. The number of benzene rings is 2. The summed E-state index contributed by atoms with van der Waals surface area (Å²) in [6, 6.07) is 14.2. The molecule has 9 heteroatoms. The quantitative estimate of drug-likeness (QED) is 0.712. The van der Waals surface area contributed by atoms with E-state index >= 15 is 0 Å². The highest BCUT2D eigenvalue weighted by Gasteiger charge is 2.49. The zero-order chi connectivity index (χ0) is 20.6. The number of sulfone groups is 1. The minimum Gasteiger partial charge on any atom is -0.497 e. The molecule has 0 aliphatic carbocycles. The maximum absolute atomic E-state index is 12.6. The molecule has 0 saturated carbocycles. The molecule has 1 amide bonds. The third kappa shape index (κ3) is 4.44. The van der Waals surface area contributed by atoms with Crippen LogP contribution in [0, 0.1) is 0 Å². The SMILES string of the molecule is COc1ccc(CC(=O)N=C2S[C@H]3CS(=O)(=O)C[C@@H]3N2c2cccc(Cl)c2)cc1. The molecular formula is C20H19ClN2O4S2. The lowest BCUT2D eigenvalue weighted by molar-refractivity contribution is -0.117. The number of aliphatic imine (C=N–C) groups is 1. The average molecular weight is 451 g/mol. The molecular weight excluding hydrogens is 432 g/mol. The molecule has 2 fully saturated rings. The van der Waals surface area contributed by atoms with Crippen LogP contribution in [0.3, 0.4) is 0 Å². The fourth-order valence-corrected chi connectivity index (χ4v) is 7.67. The van der Waals surface area contributed by atoms with Gasteiger partial charge in [-0.25, -0.2) is 8.42 Å². The molecule has 2 aliphatic heterocycles. The van der Waals surface area contributed by atoms with Crippen molar-refractivity contribution in [1.82, 2.24) is 0 Å². The van der Waals surface area contributed by atoms with Crippen molar-refractivity contribution in [2.75, 3.05) is 23.5 Å².